The van der Waals surface area contributed by atoms with Crippen LogP contribution in [0, 0.1) is 13.3 Å². The van der Waals surface area contributed by atoms with Gasteiger partial charge in [-0.25, -0.2) is 4.98 Å². The van der Waals surface area contributed by atoms with Crippen molar-refractivity contribution in [1.82, 2.24) is 19.5 Å². The van der Waals surface area contributed by atoms with E-state index >= 15 is 0 Å². The van der Waals surface area contributed by atoms with Gasteiger partial charge in [0.1, 0.15) is 18.4 Å². The summed E-state index contributed by atoms with van der Waals surface area (Å²) in [7, 11) is 0. The fourth-order valence-electron chi connectivity index (χ4n) is 2.90. The van der Waals surface area contributed by atoms with Gasteiger partial charge < -0.3 is 29.5 Å². The molecule has 21 heavy (non-hydrogen) atoms. The topological polar surface area (TPSA) is 93.3 Å². The first-order valence-corrected chi connectivity index (χ1v) is 7.14. The van der Waals surface area contributed by atoms with E-state index in [0.29, 0.717) is 5.65 Å². The molecule has 2 aromatic rings. The molecule has 1 saturated heterocycles. The summed E-state index contributed by atoms with van der Waals surface area (Å²) in [6, 6.07) is 0. The van der Waals surface area contributed by atoms with E-state index in [-0.39, 0.29) is 39.3 Å². The second kappa shape index (κ2) is 5.21. The minimum absolute atomic E-state index is 0. The Balaban J connectivity index is 0.00000132. The summed E-state index contributed by atoms with van der Waals surface area (Å²) in [6.45, 7) is 3.56. The van der Waals surface area contributed by atoms with E-state index in [1.54, 1.807) is 0 Å². The first-order chi connectivity index (χ1) is 9.56. The van der Waals surface area contributed by atoms with Crippen molar-refractivity contribution in [3.63, 3.8) is 0 Å². The number of fused-ring (bicyclic) bond motifs is 5. The molecule has 109 valence electrons. The maximum absolute atomic E-state index is 10.3. The number of imidazole rings is 1. The molecular formula is C12H13N4O3SY-. The fraction of sp³-hybridized carbons (Fsp3) is 0.583. The van der Waals surface area contributed by atoms with Crippen LogP contribution in [-0.2, 0) is 37.4 Å². The van der Waals surface area contributed by atoms with Crippen LogP contribution in [0.2, 0.25) is 0 Å². The van der Waals surface area contributed by atoms with Crippen molar-refractivity contribution in [3.05, 3.63) is 12.0 Å². The van der Waals surface area contributed by atoms with Gasteiger partial charge in [-0.15, -0.1) is 0 Å². The van der Waals surface area contributed by atoms with Crippen LogP contribution in [0.4, 0.5) is 0 Å². The Morgan fingerprint density at radius 3 is 2.95 bits per heavy atom. The van der Waals surface area contributed by atoms with Crippen molar-refractivity contribution >= 4 is 22.9 Å². The Labute approximate surface area is 150 Å². The number of ether oxygens (including phenoxy) is 1. The van der Waals surface area contributed by atoms with E-state index in [2.05, 4.69) is 21.3 Å². The van der Waals surface area contributed by atoms with Gasteiger partial charge in [-0.3, -0.25) is 0 Å². The molecule has 1 unspecified atom stereocenters. The molecule has 0 amide bonds. The van der Waals surface area contributed by atoms with Crippen LogP contribution < -0.4 is 0 Å². The van der Waals surface area contributed by atoms with Gasteiger partial charge in [0.15, 0.2) is 5.16 Å². The average Bonchev–Trinajstić information content (AvgIpc) is 2.98. The molecule has 0 saturated carbocycles. The van der Waals surface area contributed by atoms with Gasteiger partial charge in [-0.2, -0.15) is 0 Å². The Hall–Kier alpha value is -0.116. The number of aliphatic hydroxyl groups excluding tert-OH is 2. The molecule has 2 aromatic heterocycles. The van der Waals surface area contributed by atoms with Gasteiger partial charge in [0, 0.05) is 44.6 Å². The molecule has 9 heteroatoms. The van der Waals surface area contributed by atoms with Crippen LogP contribution in [-0.4, -0.2) is 53.3 Å². The largest absolute Gasteiger partial charge is 0.394 e. The van der Waals surface area contributed by atoms with Gasteiger partial charge in [-0.1, -0.05) is 18.7 Å². The minimum atomic E-state index is -0.758. The van der Waals surface area contributed by atoms with Gasteiger partial charge in [-0.05, 0) is 12.6 Å². The van der Waals surface area contributed by atoms with Crippen LogP contribution in [0.3, 0.4) is 0 Å². The quantitative estimate of drug-likeness (QED) is 0.673. The van der Waals surface area contributed by atoms with Crippen molar-refractivity contribution in [3.8, 4) is 0 Å². The minimum Gasteiger partial charge on any atom is -0.394 e. The Bertz CT molecular complexity index is 711. The number of hydrogen-bond donors (Lipinski definition) is 2. The molecule has 0 spiro atoms. The molecule has 0 aromatic carbocycles. The first kappa shape index (κ1) is 15.8. The zero-order valence-electron chi connectivity index (χ0n) is 11.5. The molecule has 2 aliphatic rings. The third-order valence-electron chi connectivity index (χ3n) is 4.03. The normalized spacial score (nSPS) is 33.8. The van der Waals surface area contributed by atoms with Crippen LogP contribution in [0.25, 0.3) is 11.2 Å². The van der Waals surface area contributed by atoms with Crippen molar-refractivity contribution in [2.45, 2.75) is 42.2 Å². The maximum Gasteiger partial charge on any atom is 0.159 e. The molecule has 4 atom stereocenters. The van der Waals surface area contributed by atoms with Crippen molar-refractivity contribution in [2.24, 2.45) is 0 Å². The summed E-state index contributed by atoms with van der Waals surface area (Å²) in [4.78, 5) is 12.7. The summed E-state index contributed by atoms with van der Waals surface area (Å²) in [6.07, 6.45) is 0.864. The summed E-state index contributed by atoms with van der Waals surface area (Å²) in [5.74, 6) is 0. The Morgan fingerprint density at radius 1 is 1.48 bits per heavy atom. The molecule has 2 N–H and O–H groups in total. The van der Waals surface area contributed by atoms with Gasteiger partial charge >= 0.3 is 0 Å². The van der Waals surface area contributed by atoms with Gasteiger partial charge in [0.25, 0.3) is 0 Å². The number of hydrogen-bond acceptors (Lipinski definition) is 7. The molecular weight excluding hydrogens is 369 g/mol. The second-order valence-corrected chi connectivity index (χ2v) is 6.73. The summed E-state index contributed by atoms with van der Waals surface area (Å²) in [5.41, 5.74) is 2.13. The van der Waals surface area contributed by atoms with Crippen molar-refractivity contribution in [1.29, 1.82) is 0 Å². The molecule has 2 aliphatic heterocycles. The number of nitrogens with zero attached hydrogens (tertiary/aromatic N) is 4. The molecule has 7 nitrogen and oxygen atoms in total. The van der Waals surface area contributed by atoms with Crippen LogP contribution >= 0.6 is 11.8 Å². The monoisotopic (exact) mass is 382 g/mol. The van der Waals surface area contributed by atoms with E-state index in [1.807, 2.05) is 18.4 Å². The van der Waals surface area contributed by atoms with Crippen LogP contribution in [0.15, 0.2) is 5.16 Å². The van der Waals surface area contributed by atoms with E-state index < -0.39 is 23.2 Å². The molecule has 0 aliphatic carbocycles. The van der Waals surface area contributed by atoms with Gasteiger partial charge in [0.2, 0.25) is 0 Å². The van der Waals surface area contributed by atoms with Crippen LogP contribution in [0.1, 0.15) is 18.8 Å². The Kier molecular flexibility index (Phi) is 3.91. The third kappa shape index (κ3) is 1.97. The summed E-state index contributed by atoms with van der Waals surface area (Å²) < 4.78 is 7.11. The predicted octanol–water partition coefficient (Wildman–Crippen LogP) is 0.0474. The Morgan fingerprint density at radius 2 is 2.24 bits per heavy atom. The zero-order valence-corrected chi connectivity index (χ0v) is 15.2. The van der Waals surface area contributed by atoms with Crippen molar-refractivity contribution < 1.29 is 47.7 Å². The molecule has 1 radical (unpaired) electrons. The third-order valence-corrected chi connectivity index (χ3v) is 5.38. The molecule has 0 bridgehead atoms. The zero-order chi connectivity index (χ0) is 14.1. The second-order valence-electron chi connectivity index (χ2n) is 5.29. The van der Waals surface area contributed by atoms with E-state index in [0.717, 1.165) is 16.4 Å². The maximum atomic E-state index is 10.3. The SMILES string of the molecule is Cc1n[c-]nc2c1nc1n2[C@@H]2O[C@@H](CO)[C@@H](O)C2(C)S1.[Y]. The van der Waals surface area contributed by atoms with E-state index in [4.69, 9.17) is 4.74 Å². The summed E-state index contributed by atoms with van der Waals surface area (Å²) >= 11 is 1.45. The van der Waals surface area contributed by atoms with E-state index in [1.165, 1.54) is 11.8 Å². The first-order valence-electron chi connectivity index (χ1n) is 6.32. The van der Waals surface area contributed by atoms with Crippen molar-refractivity contribution in [2.75, 3.05) is 6.61 Å². The number of aromatic nitrogens is 4. The van der Waals surface area contributed by atoms with E-state index in [9.17, 15) is 10.2 Å². The average molecular weight is 382 g/mol. The fourth-order valence-corrected chi connectivity index (χ4v) is 4.24. The molecule has 4 heterocycles. The van der Waals surface area contributed by atoms with Crippen LogP contribution in [0.5, 0.6) is 0 Å². The molecule has 4 rings (SSSR count). The molecule has 1 fully saturated rings. The number of aryl methyl sites for hydroxylation is 1. The number of thioether (sulfide) groups is 1. The number of rotatable bonds is 1. The van der Waals surface area contributed by atoms with Gasteiger partial charge in [0.05, 0.1) is 17.0 Å². The number of aliphatic hydroxyl groups is 2. The predicted molar refractivity (Wildman–Crippen MR) is 70.2 cm³/mol. The standard InChI is InChI=1S/C12H13N4O3S.Y/c1-5-7-9(14-4-13-5)16-10-12(2,20-11(16)15-7)8(18)6(3-17)19-10;/h6,8,10,17-18H,3H2,1-2H3;/q-1;/t6-,8+,10+,12?;/m0./s1. The summed E-state index contributed by atoms with van der Waals surface area (Å²) in [5, 5.41) is 20.4. The smallest absolute Gasteiger partial charge is 0.159 e.